The van der Waals surface area contributed by atoms with Crippen molar-refractivity contribution >= 4 is 17.6 Å². The number of pyridine rings is 1. The van der Waals surface area contributed by atoms with Gasteiger partial charge in [-0.25, -0.2) is 9.88 Å². The van der Waals surface area contributed by atoms with Crippen LogP contribution in [0.1, 0.15) is 32.2 Å². The summed E-state index contributed by atoms with van der Waals surface area (Å²) < 4.78 is 10.8. The highest BCUT2D eigenvalue weighted by Crippen LogP contribution is 2.31. The Bertz CT molecular complexity index is 1400. The van der Waals surface area contributed by atoms with Crippen molar-refractivity contribution in [2.45, 2.75) is 13.8 Å². The van der Waals surface area contributed by atoms with E-state index in [9.17, 15) is 9.59 Å². The highest BCUT2D eigenvalue weighted by molar-refractivity contribution is 6.28. The second-order valence-electron chi connectivity index (χ2n) is 7.79. The van der Waals surface area contributed by atoms with Gasteiger partial charge in [-0.2, -0.15) is 0 Å². The molecule has 0 atom stereocenters. The second-order valence-corrected chi connectivity index (χ2v) is 7.79. The molecule has 0 aliphatic carbocycles. The molecule has 172 valence electrons. The lowest BCUT2D eigenvalue weighted by molar-refractivity contribution is 0.0895. The van der Waals surface area contributed by atoms with Crippen molar-refractivity contribution in [3.8, 4) is 22.5 Å². The van der Waals surface area contributed by atoms with E-state index in [-0.39, 0.29) is 28.5 Å². The van der Waals surface area contributed by atoms with Gasteiger partial charge in [-0.15, -0.1) is 0 Å². The number of hydrogen-bond acceptors (Lipinski definition) is 7. The van der Waals surface area contributed by atoms with Gasteiger partial charge in [0.2, 0.25) is 0 Å². The topological polar surface area (TPSA) is 102 Å². The first kappa shape index (κ1) is 22.0. The maximum atomic E-state index is 14.0. The minimum Gasteiger partial charge on any atom is -0.360 e. The molecule has 35 heavy (non-hydrogen) atoms. The molecule has 8 nitrogen and oxygen atoms in total. The third-order valence-electron chi connectivity index (χ3n) is 5.53. The van der Waals surface area contributed by atoms with Gasteiger partial charge < -0.3 is 9.05 Å². The summed E-state index contributed by atoms with van der Waals surface area (Å²) in [5.41, 5.74) is 2.40. The molecule has 0 aliphatic rings. The lowest BCUT2D eigenvalue weighted by Gasteiger charge is -2.20. The highest BCUT2D eigenvalue weighted by atomic mass is 16.5. The molecule has 0 N–H and O–H groups in total. The van der Waals surface area contributed by atoms with Gasteiger partial charge in [0.25, 0.3) is 11.8 Å². The molecule has 0 fully saturated rings. The van der Waals surface area contributed by atoms with Gasteiger partial charge in [0, 0.05) is 17.3 Å². The molecule has 0 bridgehead atoms. The predicted octanol–water partition coefficient (Wildman–Crippen LogP) is 5.50. The van der Waals surface area contributed by atoms with Crippen LogP contribution in [0.4, 0.5) is 5.82 Å². The number of aromatic nitrogens is 3. The summed E-state index contributed by atoms with van der Waals surface area (Å²) in [5, 5.41) is 8.21. The fourth-order valence-electron chi connectivity index (χ4n) is 3.84. The highest BCUT2D eigenvalue weighted by Gasteiger charge is 2.35. The first-order chi connectivity index (χ1) is 17.1. The largest absolute Gasteiger partial charge is 0.360 e. The molecule has 2 amide bonds. The van der Waals surface area contributed by atoms with E-state index < -0.39 is 11.8 Å². The fourth-order valence-corrected chi connectivity index (χ4v) is 3.84. The fraction of sp³-hybridized carbons (Fsp3) is 0.0741. The predicted molar refractivity (Wildman–Crippen MR) is 129 cm³/mol. The number of aryl methyl sites for hydroxylation is 2. The van der Waals surface area contributed by atoms with Gasteiger partial charge in [-0.3, -0.25) is 9.59 Å². The van der Waals surface area contributed by atoms with Crippen LogP contribution in [0.15, 0.2) is 94.1 Å². The molecule has 0 unspecified atom stereocenters. The first-order valence-electron chi connectivity index (χ1n) is 10.9. The maximum Gasteiger partial charge on any atom is 0.272 e. The quantitative estimate of drug-likeness (QED) is 0.317. The van der Waals surface area contributed by atoms with Gasteiger partial charge in [0.1, 0.15) is 39.9 Å². The molecule has 3 heterocycles. The number of carbonyl (C=O) groups excluding carboxylic acids is 2. The van der Waals surface area contributed by atoms with Gasteiger partial charge in [0.05, 0.1) is 0 Å². The Kier molecular flexibility index (Phi) is 5.76. The van der Waals surface area contributed by atoms with E-state index in [0.717, 1.165) is 4.90 Å². The van der Waals surface area contributed by atoms with Crippen molar-refractivity contribution in [1.82, 2.24) is 15.3 Å². The van der Waals surface area contributed by atoms with Crippen molar-refractivity contribution in [1.29, 1.82) is 0 Å². The molecule has 5 aromatic rings. The third kappa shape index (κ3) is 4.02. The van der Waals surface area contributed by atoms with Crippen LogP contribution in [0.5, 0.6) is 0 Å². The lowest BCUT2D eigenvalue weighted by atomic mass is 10.0. The summed E-state index contributed by atoms with van der Waals surface area (Å²) >= 11 is 0. The Morgan fingerprint density at radius 1 is 0.657 bits per heavy atom. The lowest BCUT2D eigenvalue weighted by Crippen LogP contribution is -2.38. The molecule has 3 aromatic heterocycles. The van der Waals surface area contributed by atoms with Crippen LogP contribution in [0.3, 0.4) is 0 Å². The molecule has 2 aromatic carbocycles. The number of benzene rings is 2. The van der Waals surface area contributed by atoms with E-state index in [1.807, 2.05) is 60.7 Å². The minimum atomic E-state index is -0.620. The van der Waals surface area contributed by atoms with Gasteiger partial charge >= 0.3 is 0 Å². The van der Waals surface area contributed by atoms with E-state index in [4.69, 9.17) is 9.05 Å². The number of anilines is 1. The number of rotatable bonds is 5. The van der Waals surface area contributed by atoms with Gasteiger partial charge in [0.15, 0.2) is 0 Å². The van der Waals surface area contributed by atoms with Crippen molar-refractivity contribution in [2.24, 2.45) is 0 Å². The molecular formula is C27H20N4O4. The zero-order chi connectivity index (χ0) is 24.4. The molecular weight excluding hydrogens is 444 g/mol. The maximum absolute atomic E-state index is 14.0. The monoisotopic (exact) mass is 464 g/mol. The molecule has 8 heteroatoms. The molecule has 0 radical (unpaired) electrons. The normalized spacial score (nSPS) is 10.8. The summed E-state index contributed by atoms with van der Waals surface area (Å²) in [6.07, 6.45) is 1.51. The SMILES string of the molecule is Cc1onc(-c2ccccc2)c1C(=O)N(C(=O)c1c(-c2ccccc2)noc1C)c1ccccn1. The molecule has 0 saturated carbocycles. The first-order valence-corrected chi connectivity index (χ1v) is 10.9. The zero-order valence-electron chi connectivity index (χ0n) is 19.0. The Morgan fingerprint density at radius 2 is 1.11 bits per heavy atom. The van der Waals surface area contributed by atoms with E-state index in [2.05, 4.69) is 15.3 Å². The van der Waals surface area contributed by atoms with Crippen LogP contribution in [0.2, 0.25) is 0 Å². The van der Waals surface area contributed by atoms with Crippen molar-refractivity contribution < 1.29 is 18.6 Å². The minimum absolute atomic E-state index is 0.154. The van der Waals surface area contributed by atoms with E-state index >= 15 is 0 Å². The Morgan fingerprint density at radius 3 is 1.54 bits per heavy atom. The Balaban J connectivity index is 1.66. The number of hydrogen-bond donors (Lipinski definition) is 0. The van der Waals surface area contributed by atoms with E-state index in [1.165, 1.54) is 6.20 Å². The van der Waals surface area contributed by atoms with Gasteiger partial charge in [-0.05, 0) is 26.0 Å². The Labute approximate surface area is 200 Å². The Hall–Kier alpha value is -4.85. The average molecular weight is 464 g/mol. The van der Waals surface area contributed by atoms with Crippen LogP contribution in [0, 0.1) is 13.8 Å². The number of imide groups is 1. The van der Waals surface area contributed by atoms with Crippen LogP contribution < -0.4 is 4.90 Å². The number of nitrogens with zero attached hydrogens (tertiary/aromatic N) is 4. The van der Waals surface area contributed by atoms with Crippen LogP contribution in [-0.4, -0.2) is 27.1 Å². The number of carbonyl (C=O) groups is 2. The van der Waals surface area contributed by atoms with Crippen LogP contribution in [-0.2, 0) is 0 Å². The van der Waals surface area contributed by atoms with Crippen molar-refractivity contribution in [3.63, 3.8) is 0 Å². The molecule has 0 aliphatic heterocycles. The van der Waals surface area contributed by atoms with Crippen LogP contribution in [0.25, 0.3) is 22.5 Å². The zero-order valence-corrected chi connectivity index (χ0v) is 19.0. The molecule has 5 rings (SSSR count). The summed E-state index contributed by atoms with van der Waals surface area (Å²) in [6.45, 7) is 3.27. The summed E-state index contributed by atoms with van der Waals surface area (Å²) in [4.78, 5) is 33.4. The second kappa shape index (κ2) is 9.18. The molecule has 0 saturated heterocycles. The third-order valence-corrected chi connectivity index (χ3v) is 5.53. The summed E-state index contributed by atoms with van der Waals surface area (Å²) in [7, 11) is 0. The van der Waals surface area contributed by atoms with E-state index in [0.29, 0.717) is 22.5 Å². The molecule has 0 spiro atoms. The van der Waals surface area contributed by atoms with E-state index in [1.54, 1.807) is 32.0 Å². The smallest absolute Gasteiger partial charge is 0.272 e. The summed E-state index contributed by atoms with van der Waals surface area (Å²) in [6, 6.07) is 23.3. The standard InChI is InChI=1S/C27H20N4O4/c1-17-22(24(29-34-17)19-11-5-3-6-12-19)26(32)31(21-15-9-10-16-28-21)27(33)23-18(2)35-30-25(23)20-13-7-4-8-14-20/h3-16H,1-2H3. The van der Waals surface area contributed by atoms with Gasteiger partial charge in [-0.1, -0.05) is 77.0 Å². The number of amides is 2. The average Bonchev–Trinajstić information content (AvgIpc) is 3.48. The van der Waals surface area contributed by atoms with Crippen molar-refractivity contribution in [3.05, 3.63) is 108 Å². The van der Waals surface area contributed by atoms with Crippen molar-refractivity contribution in [2.75, 3.05) is 4.90 Å². The summed E-state index contributed by atoms with van der Waals surface area (Å²) in [5.74, 6) is -0.514. The van der Waals surface area contributed by atoms with Crippen LogP contribution >= 0.6 is 0 Å².